The summed E-state index contributed by atoms with van der Waals surface area (Å²) >= 11 is 1.36. The molecule has 2 aromatic heterocycles. The molecule has 3 aromatic rings. The molecule has 5 nitrogen and oxygen atoms in total. The number of aromatic nitrogens is 2. The fourth-order valence-corrected chi connectivity index (χ4v) is 3.76. The number of hydrogen-bond acceptors (Lipinski definition) is 6. The van der Waals surface area contributed by atoms with Crippen LogP contribution in [-0.2, 0) is 4.74 Å². The van der Waals surface area contributed by atoms with Crippen LogP contribution in [0.3, 0.4) is 0 Å². The van der Waals surface area contributed by atoms with Crippen LogP contribution in [0.1, 0.15) is 47.6 Å². The van der Waals surface area contributed by atoms with Crippen LogP contribution < -0.4 is 5.32 Å². The minimum absolute atomic E-state index is 0.0879. The molecule has 2 heterocycles. The highest BCUT2D eigenvalue weighted by molar-refractivity contribution is 7.20. The molecule has 0 fully saturated rings. The molecule has 6 heteroatoms. The summed E-state index contributed by atoms with van der Waals surface area (Å²) in [4.78, 5) is 22.5. The minimum Gasteiger partial charge on any atom is -0.461 e. The highest BCUT2D eigenvalue weighted by Gasteiger charge is 2.21. The predicted molar refractivity (Wildman–Crippen MR) is 106 cm³/mol. The Morgan fingerprint density at radius 3 is 2.62 bits per heavy atom. The Bertz CT molecular complexity index is 906. The third kappa shape index (κ3) is 3.85. The van der Waals surface area contributed by atoms with E-state index in [1.165, 1.54) is 23.2 Å². The van der Waals surface area contributed by atoms with E-state index in [4.69, 9.17) is 4.74 Å². The van der Waals surface area contributed by atoms with E-state index in [0.29, 0.717) is 17.4 Å². The van der Waals surface area contributed by atoms with E-state index < -0.39 is 0 Å². The van der Waals surface area contributed by atoms with Crippen molar-refractivity contribution >= 4 is 33.3 Å². The van der Waals surface area contributed by atoms with Crippen molar-refractivity contribution in [2.45, 2.75) is 33.7 Å². The quantitative estimate of drug-likeness (QED) is 0.621. The van der Waals surface area contributed by atoms with E-state index in [-0.39, 0.29) is 12.0 Å². The van der Waals surface area contributed by atoms with Gasteiger partial charge >= 0.3 is 5.97 Å². The Balaban J connectivity index is 1.91. The number of fused-ring (bicyclic) bond motifs is 1. The SMILES string of the molecule is Cc1c(C(=O)OCC(C)C)sc2ncnc(NC(C)c3ccccc3)c12. The molecule has 1 unspecified atom stereocenters. The van der Waals surface area contributed by atoms with Crippen LogP contribution in [0.25, 0.3) is 10.2 Å². The number of carbonyl (C=O) groups is 1. The minimum atomic E-state index is -0.291. The van der Waals surface area contributed by atoms with Gasteiger partial charge in [0, 0.05) is 6.04 Å². The normalized spacial score (nSPS) is 12.3. The zero-order valence-electron chi connectivity index (χ0n) is 15.4. The van der Waals surface area contributed by atoms with Crippen molar-refractivity contribution < 1.29 is 9.53 Å². The van der Waals surface area contributed by atoms with Crippen LogP contribution in [0.4, 0.5) is 5.82 Å². The first-order chi connectivity index (χ1) is 12.5. The second-order valence-electron chi connectivity index (χ2n) is 6.73. The number of anilines is 1. The van der Waals surface area contributed by atoms with Crippen LogP contribution >= 0.6 is 11.3 Å². The molecule has 0 saturated heterocycles. The monoisotopic (exact) mass is 369 g/mol. The summed E-state index contributed by atoms with van der Waals surface area (Å²) in [6.07, 6.45) is 1.53. The topological polar surface area (TPSA) is 64.1 Å². The molecule has 0 aliphatic heterocycles. The zero-order chi connectivity index (χ0) is 18.7. The van der Waals surface area contributed by atoms with Gasteiger partial charge in [0.15, 0.2) is 0 Å². The average molecular weight is 369 g/mol. The van der Waals surface area contributed by atoms with Gasteiger partial charge in [-0.1, -0.05) is 44.2 Å². The Morgan fingerprint density at radius 1 is 1.19 bits per heavy atom. The number of carbonyl (C=O) groups excluding carboxylic acids is 1. The van der Waals surface area contributed by atoms with Gasteiger partial charge in [-0.25, -0.2) is 14.8 Å². The van der Waals surface area contributed by atoms with Gasteiger partial charge in [-0.05, 0) is 30.9 Å². The molecule has 0 saturated carbocycles. The molecule has 0 aliphatic rings. The van der Waals surface area contributed by atoms with Crippen LogP contribution in [0.15, 0.2) is 36.7 Å². The number of nitrogens with one attached hydrogen (secondary N) is 1. The van der Waals surface area contributed by atoms with E-state index in [0.717, 1.165) is 21.6 Å². The van der Waals surface area contributed by atoms with Crippen LogP contribution in [0.5, 0.6) is 0 Å². The summed E-state index contributed by atoms with van der Waals surface area (Å²) in [6.45, 7) is 8.46. The number of esters is 1. The molecule has 1 aromatic carbocycles. The first-order valence-electron chi connectivity index (χ1n) is 8.70. The van der Waals surface area contributed by atoms with E-state index >= 15 is 0 Å². The van der Waals surface area contributed by atoms with Crippen molar-refractivity contribution in [3.63, 3.8) is 0 Å². The van der Waals surface area contributed by atoms with Crippen molar-refractivity contribution in [1.82, 2.24) is 9.97 Å². The molecule has 3 rings (SSSR count). The Hall–Kier alpha value is -2.47. The average Bonchev–Trinajstić information content (AvgIpc) is 2.98. The Morgan fingerprint density at radius 2 is 1.92 bits per heavy atom. The second-order valence-corrected chi connectivity index (χ2v) is 7.73. The molecule has 0 amide bonds. The van der Waals surface area contributed by atoms with Gasteiger partial charge in [-0.15, -0.1) is 11.3 Å². The van der Waals surface area contributed by atoms with Crippen molar-refractivity contribution in [2.75, 3.05) is 11.9 Å². The molecular formula is C20H23N3O2S. The zero-order valence-corrected chi connectivity index (χ0v) is 16.3. The summed E-state index contributed by atoms with van der Waals surface area (Å²) in [7, 11) is 0. The fraction of sp³-hybridized carbons (Fsp3) is 0.350. The van der Waals surface area contributed by atoms with Crippen molar-refractivity contribution in [2.24, 2.45) is 5.92 Å². The number of hydrogen-bond donors (Lipinski definition) is 1. The molecule has 0 bridgehead atoms. The highest BCUT2D eigenvalue weighted by Crippen LogP contribution is 2.35. The largest absolute Gasteiger partial charge is 0.461 e. The summed E-state index contributed by atoms with van der Waals surface area (Å²) in [6, 6.07) is 10.3. The molecule has 0 spiro atoms. The number of ether oxygens (including phenoxy) is 1. The van der Waals surface area contributed by atoms with Crippen molar-refractivity contribution in [3.05, 3.63) is 52.7 Å². The number of nitrogens with zero attached hydrogens (tertiary/aromatic N) is 2. The van der Waals surface area contributed by atoms with E-state index in [1.807, 2.05) is 39.0 Å². The van der Waals surface area contributed by atoms with Crippen molar-refractivity contribution in [1.29, 1.82) is 0 Å². The number of benzene rings is 1. The Kier molecular flexibility index (Phi) is 5.52. The lowest BCUT2D eigenvalue weighted by atomic mass is 10.1. The molecular weight excluding hydrogens is 346 g/mol. The van der Waals surface area contributed by atoms with Gasteiger partial charge < -0.3 is 10.1 Å². The highest BCUT2D eigenvalue weighted by atomic mass is 32.1. The van der Waals surface area contributed by atoms with Gasteiger partial charge in [-0.2, -0.15) is 0 Å². The third-order valence-corrected chi connectivity index (χ3v) is 5.29. The molecule has 1 N–H and O–H groups in total. The molecule has 136 valence electrons. The molecule has 0 aliphatic carbocycles. The number of aryl methyl sites for hydroxylation is 1. The number of thiophene rings is 1. The summed E-state index contributed by atoms with van der Waals surface area (Å²) in [5.41, 5.74) is 2.03. The summed E-state index contributed by atoms with van der Waals surface area (Å²) in [5, 5.41) is 4.33. The van der Waals surface area contributed by atoms with Gasteiger partial charge in [0.2, 0.25) is 0 Å². The summed E-state index contributed by atoms with van der Waals surface area (Å²) < 4.78 is 5.39. The molecule has 26 heavy (non-hydrogen) atoms. The van der Waals surface area contributed by atoms with E-state index in [1.54, 1.807) is 0 Å². The number of rotatable bonds is 6. The lowest BCUT2D eigenvalue weighted by Crippen LogP contribution is -2.10. The Labute approximate surface area is 157 Å². The van der Waals surface area contributed by atoms with Crippen LogP contribution in [0, 0.1) is 12.8 Å². The fourth-order valence-electron chi connectivity index (χ4n) is 2.71. The van der Waals surface area contributed by atoms with Crippen LogP contribution in [0.2, 0.25) is 0 Å². The molecule has 0 radical (unpaired) electrons. The maximum atomic E-state index is 12.4. The van der Waals surface area contributed by atoms with Crippen LogP contribution in [-0.4, -0.2) is 22.5 Å². The van der Waals surface area contributed by atoms with Gasteiger partial charge in [-0.3, -0.25) is 0 Å². The smallest absolute Gasteiger partial charge is 0.348 e. The van der Waals surface area contributed by atoms with Gasteiger partial charge in [0.25, 0.3) is 0 Å². The maximum Gasteiger partial charge on any atom is 0.348 e. The van der Waals surface area contributed by atoms with Crippen molar-refractivity contribution in [3.8, 4) is 0 Å². The first kappa shape index (κ1) is 18.3. The van der Waals surface area contributed by atoms with E-state index in [9.17, 15) is 4.79 Å². The van der Waals surface area contributed by atoms with Gasteiger partial charge in [0.1, 0.15) is 21.9 Å². The summed E-state index contributed by atoms with van der Waals surface area (Å²) in [5.74, 6) is 0.752. The lowest BCUT2D eigenvalue weighted by Gasteiger charge is -2.15. The maximum absolute atomic E-state index is 12.4. The predicted octanol–water partition coefficient (Wildman–Crippen LogP) is 4.99. The first-order valence-corrected chi connectivity index (χ1v) is 9.51. The standard InChI is InChI=1S/C20H23N3O2S/c1-12(2)10-25-20(24)17-13(3)16-18(21-11-22-19(16)26-17)23-14(4)15-8-6-5-7-9-15/h5-9,11-12,14H,10H2,1-4H3,(H,21,22,23). The lowest BCUT2D eigenvalue weighted by molar-refractivity contribution is 0.0464. The molecule has 1 atom stereocenters. The second kappa shape index (κ2) is 7.83. The third-order valence-electron chi connectivity index (χ3n) is 4.11. The van der Waals surface area contributed by atoms with E-state index in [2.05, 4.69) is 34.3 Å². The van der Waals surface area contributed by atoms with Gasteiger partial charge in [0.05, 0.1) is 12.0 Å².